The van der Waals surface area contributed by atoms with Crippen molar-refractivity contribution in [1.29, 1.82) is 0 Å². The van der Waals surface area contributed by atoms with E-state index in [1.165, 1.54) is 11.3 Å². The number of rotatable bonds is 3. The first-order chi connectivity index (χ1) is 6.15. The number of thiophene rings is 1. The highest BCUT2D eigenvalue weighted by molar-refractivity contribution is 9.12. The maximum atomic E-state index is 11.4. The molecule has 1 aromatic rings. The van der Waals surface area contributed by atoms with Crippen LogP contribution in [-0.2, 0) is 0 Å². The van der Waals surface area contributed by atoms with E-state index >= 15 is 0 Å². The second kappa shape index (κ2) is 5.09. The van der Waals surface area contributed by atoms with Crippen LogP contribution in [0.25, 0.3) is 0 Å². The Morgan fingerprint density at radius 3 is 2.77 bits per heavy atom. The van der Waals surface area contributed by atoms with Gasteiger partial charge in [-0.25, -0.2) is 0 Å². The summed E-state index contributed by atoms with van der Waals surface area (Å²) in [5, 5.41) is 11.1. The molecule has 0 aliphatic rings. The third-order valence-electron chi connectivity index (χ3n) is 1.30. The summed E-state index contributed by atoms with van der Waals surface area (Å²) >= 11 is 7.99. The number of carbonyl (C=O) groups excluding carboxylic acids is 1. The van der Waals surface area contributed by atoms with Gasteiger partial charge in [0.15, 0.2) is 0 Å². The van der Waals surface area contributed by atoms with Gasteiger partial charge in [-0.3, -0.25) is 4.79 Å². The molecule has 0 unspecified atom stereocenters. The van der Waals surface area contributed by atoms with Crippen molar-refractivity contribution in [2.24, 2.45) is 0 Å². The van der Waals surface area contributed by atoms with Crippen LogP contribution in [0.2, 0.25) is 0 Å². The van der Waals surface area contributed by atoms with Crippen LogP contribution in [0.15, 0.2) is 13.6 Å². The van der Waals surface area contributed by atoms with Crippen LogP contribution in [0.5, 0.6) is 0 Å². The molecular weight excluding hydrogens is 322 g/mol. The lowest BCUT2D eigenvalue weighted by atomic mass is 10.3. The van der Waals surface area contributed by atoms with Crippen molar-refractivity contribution in [3.63, 3.8) is 0 Å². The van der Waals surface area contributed by atoms with E-state index in [-0.39, 0.29) is 19.1 Å². The van der Waals surface area contributed by atoms with Crippen LogP contribution in [-0.4, -0.2) is 24.2 Å². The molecule has 0 bridgehead atoms. The zero-order chi connectivity index (χ0) is 9.84. The molecule has 0 aliphatic carbocycles. The topological polar surface area (TPSA) is 49.3 Å². The number of amides is 1. The van der Waals surface area contributed by atoms with E-state index in [0.29, 0.717) is 5.56 Å². The van der Waals surface area contributed by atoms with Crippen LogP contribution in [0.3, 0.4) is 0 Å². The molecule has 13 heavy (non-hydrogen) atoms. The maximum Gasteiger partial charge on any atom is 0.253 e. The van der Waals surface area contributed by atoms with Crippen LogP contribution in [0.4, 0.5) is 0 Å². The van der Waals surface area contributed by atoms with Gasteiger partial charge in [-0.2, -0.15) is 0 Å². The molecule has 0 spiro atoms. The number of aliphatic hydroxyl groups excluding tert-OH is 1. The Morgan fingerprint density at radius 1 is 1.62 bits per heavy atom. The summed E-state index contributed by atoms with van der Waals surface area (Å²) in [6.45, 7) is 0.230. The summed E-state index contributed by atoms with van der Waals surface area (Å²) in [5.41, 5.74) is 0.588. The molecule has 0 saturated carbocycles. The molecule has 1 aromatic heterocycles. The van der Waals surface area contributed by atoms with E-state index in [1.807, 2.05) is 0 Å². The Morgan fingerprint density at radius 2 is 2.31 bits per heavy atom. The van der Waals surface area contributed by atoms with Gasteiger partial charge in [0.05, 0.1) is 19.7 Å². The van der Waals surface area contributed by atoms with E-state index in [4.69, 9.17) is 5.11 Å². The summed E-state index contributed by atoms with van der Waals surface area (Å²) in [6, 6.07) is 1.74. The zero-order valence-electron chi connectivity index (χ0n) is 6.51. The van der Waals surface area contributed by atoms with Gasteiger partial charge in [-0.1, -0.05) is 0 Å². The lowest BCUT2D eigenvalue weighted by Crippen LogP contribution is -2.26. The summed E-state index contributed by atoms with van der Waals surface area (Å²) in [6.07, 6.45) is 0. The number of carbonyl (C=O) groups is 1. The fourth-order valence-electron chi connectivity index (χ4n) is 0.760. The van der Waals surface area contributed by atoms with Crippen molar-refractivity contribution in [2.75, 3.05) is 13.2 Å². The van der Waals surface area contributed by atoms with Gasteiger partial charge < -0.3 is 10.4 Å². The summed E-state index contributed by atoms with van der Waals surface area (Å²) in [5.74, 6) is -0.178. The Bertz CT molecular complexity index is 313. The lowest BCUT2D eigenvalue weighted by Gasteiger charge is -2.00. The minimum Gasteiger partial charge on any atom is -0.395 e. The smallest absolute Gasteiger partial charge is 0.253 e. The molecule has 0 aliphatic heterocycles. The minimum absolute atomic E-state index is 0.0470. The Kier molecular flexibility index (Phi) is 4.37. The molecule has 0 saturated heterocycles. The van der Waals surface area contributed by atoms with E-state index < -0.39 is 0 Å². The molecule has 2 N–H and O–H groups in total. The molecule has 1 amide bonds. The van der Waals surface area contributed by atoms with Crippen molar-refractivity contribution < 1.29 is 9.90 Å². The Labute approximate surface area is 96.4 Å². The van der Waals surface area contributed by atoms with Crippen LogP contribution < -0.4 is 5.32 Å². The van der Waals surface area contributed by atoms with Crippen molar-refractivity contribution in [3.05, 3.63) is 19.2 Å². The molecule has 72 valence electrons. The SMILES string of the molecule is O=C(NCCO)c1cc(Br)sc1Br. The largest absolute Gasteiger partial charge is 0.395 e. The van der Waals surface area contributed by atoms with E-state index in [2.05, 4.69) is 37.2 Å². The number of aliphatic hydroxyl groups is 1. The van der Waals surface area contributed by atoms with Gasteiger partial charge in [0, 0.05) is 6.54 Å². The van der Waals surface area contributed by atoms with Crippen LogP contribution >= 0.6 is 43.2 Å². The molecule has 0 aromatic carbocycles. The number of halogens is 2. The fourth-order valence-corrected chi connectivity index (χ4v) is 3.55. The summed E-state index contributed by atoms with van der Waals surface area (Å²) < 4.78 is 1.68. The van der Waals surface area contributed by atoms with Crippen LogP contribution in [0.1, 0.15) is 10.4 Å². The highest BCUT2D eigenvalue weighted by Gasteiger charge is 2.12. The lowest BCUT2D eigenvalue weighted by molar-refractivity contribution is 0.0944. The Hall–Kier alpha value is 0.0900. The monoisotopic (exact) mass is 327 g/mol. The average molecular weight is 329 g/mol. The first kappa shape index (κ1) is 11.2. The van der Waals surface area contributed by atoms with E-state index in [9.17, 15) is 4.79 Å². The van der Waals surface area contributed by atoms with Gasteiger partial charge in [-0.05, 0) is 37.9 Å². The summed E-state index contributed by atoms with van der Waals surface area (Å²) in [7, 11) is 0. The highest BCUT2D eigenvalue weighted by Crippen LogP contribution is 2.31. The van der Waals surface area contributed by atoms with Gasteiger partial charge in [0.25, 0.3) is 5.91 Å². The molecule has 1 rings (SSSR count). The number of nitrogens with one attached hydrogen (secondary N) is 1. The van der Waals surface area contributed by atoms with Gasteiger partial charge in [-0.15, -0.1) is 11.3 Å². The Balaban J connectivity index is 2.70. The third-order valence-corrected chi connectivity index (χ3v) is 3.64. The van der Waals surface area contributed by atoms with Crippen molar-refractivity contribution in [1.82, 2.24) is 5.32 Å². The highest BCUT2D eigenvalue weighted by atomic mass is 79.9. The zero-order valence-corrected chi connectivity index (χ0v) is 10.5. The molecule has 0 fully saturated rings. The van der Waals surface area contributed by atoms with Gasteiger partial charge >= 0.3 is 0 Å². The van der Waals surface area contributed by atoms with Crippen LogP contribution in [0, 0.1) is 0 Å². The number of hydrogen-bond acceptors (Lipinski definition) is 3. The minimum atomic E-state index is -0.178. The van der Waals surface area contributed by atoms with E-state index in [1.54, 1.807) is 6.07 Å². The molecule has 1 heterocycles. The maximum absolute atomic E-state index is 11.4. The van der Waals surface area contributed by atoms with Gasteiger partial charge in [0.2, 0.25) is 0 Å². The van der Waals surface area contributed by atoms with Gasteiger partial charge in [0.1, 0.15) is 0 Å². The van der Waals surface area contributed by atoms with Crippen molar-refractivity contribution >= 4 is 49.1 Å². The molecule has 0 radical (unpaired) electrons. The molecule has 0 atom stereocenters. The van der Waals surface area contributed by atoms with Crippen molar-refractivity contribution in [3.8, 4) is 0 Å². The predicted molar refractivity (Wildman–Crippen MR) is 59.1 cm³/mol. The predicted octanol–water partition coefficient (Wildman–Crippen LogP) is 2.00. The standard InChI is InChI=1S/C7H7Br2NO2S/c8-5-3-4(6(9)13-5)7(12)10-1-2-11/h3,11H,1-2H2,(H,10,12). The molecule has 3 nitrogen and oxygen atoms in total. The second-order valence-electron chi connectivity index (χ2n) is 2.22. The first-order valence-corrected chi connectivity index (χ1v) is 5.89. The molecule has 6 heteroatoms. The normalized spacial score (nSPS) is 10.1. The van der Waals surface area contributed by atoms with Crippen molar-refractivity contribution in [2.45, 2.75) is 0 Å². The molecular formula is C7H7Br2NO2S. The second-order valence-corrected chi connectivity index (χ2v) is 5.97. The van der Waals surface area contributed by atoms with E-state index in [0.717, 1.165) is 7.57 Å². The fraction of sp³-hybridized carbons (Fsp3) is 0.286. The third kappa shape index (κ3) is 3.05. The number of hydrogen-bond donors (Lipinski definition) is 2. The average Bonchev–Trinajstić information content (AvgIpc) is 2.41. The quantitative estimate of drug-likeness (QED) is 0.891. The summed E-state index contributed by atoms with van der Waals surface area (Å²) in [4.78, 5) is 11.4. The first-order valence-electron chi connectivity index (χ1n) is 3.49.